The lowest BCUT2D eigenvalue weighted by Gasteiger charge is -2.33. The zero-order chi connectivity index (χ0) is 29.3. The number of halogens is 2. The summed E-state index contributed by atoms with van der Waals surface area (Å²) < 4.78 is 42.4. The molecule has 0 aliphatic heterocycles. The Morgan fingerprint density at radius 1 is 0.950 bits per heavy atom. The Hall–Kier alpha value is -3.43. The second kappa shape index (κ2) is 14.3. The fourth-order valence-corrected chi connectivity index (χ4v) is 5.83. The van der Waals surface area contributed by atoms with Crippen LogP contribution in [0.1, 0.15) is 39.2 Å². The Labute approximate surface area is 241 Å². The molecule has 3 aromatic rings. The van der Waals surface area contributed by atoms with Crippen molar-refractivity contribution in [1.82, 2.24) is 10.2 Å². The quantitative estimate of drug-likeness (QED) is 0.289. The van der Waals surface area contributed by atoms with E-state index in [0.717, 1.165) is 15.9 Å². The number of anilines is 1. The predicted octanol–water partition coefficient (Wildman–Crippen LogP) is 5.44. The summed E-state index contributed by atoms with van der Waals surface area (Å²) in [6.07, 6.45) is 1.51. The normalized spacial score (nSPS) is 12.8. The molecule has 40 heavy (non-hydrogen) atoms. The Balaban J connectivity index is 2.02. The predicted molar refractivity (Wildman–Crippen MR) is 156 cm³/mol. The van der Waals surface area contributed by atoms with E-state index in [9.17, 15) is 22.4 Å². The molecule has 0 heterocycles. The van der Waals surface area contributed by atoms with Gasteiger partial charge in [0.2, 0.25) is 11.8 Å². The molecule has 0 aliphatic rings. The molecule has 0 aliphatic carbocycles. The van der Waals surface area contributed by atoms with Crippen LogP contribution in [0.5, 0.6) is 0 Å². The van der Waals surface area contributed by atoms with Crippen molar-refractivity contribution in [3.8, 4) is 0 Å². The van der Waals surface area contributed by atoms with E-state index < -0.39 is 34.3 Å². The first-order chi connectivity index (χ1) is 19.1. The van der Waals surface area contributed by atoms with Gasteiger partial charge in [0.05, 0.1) is 15.6 Å². The van der Waals surface area contributed by atoms with Gasteiger partial charge in [-0.25, -0.2) is 12.8 Å². The van der Waals surface area contributed by atoms with Gasteiger partial charge >= 0.3 is 0 Å². The fourth-order valence-electron chi connectivity index (χ4n) is 4.23. The smallest absolute Gasteiger partial charge is 0.264 e. The highest BCUT2D eigenvalue weighted by Gasteiger charge is 2.33. The minimum absolute atomic E-state index is 0.0312. The van der Waals surface area contributed by atoms with Crippen molar-refractivity contribution in [2.24, 2.45) is 0 Å². The second-order valence-electron chi connectivity index (χ2n) is 9.49. The lowest BCUT2D eigenvalue weighted by molar-refractivity contribution is -0.139. The van der Waals surface area contributed by atoms with Crippen molar-refractivity contribution in [3.63, 3.8) is 0 Å². The number of nitrogens with one attached hydrogen (secondary N) is 1. The van der Waals surface area contributed by atoms with Gasteiger partial charge in [0, 0.05) is 12.6 Å². The zero-order valence-corrected chi connectivity index (χ0v) is 24.5. The number of benzene rings is 3. The van der Waals surface area contributed by atoms with E-state index in [1.807, 2.05) is 51.1 Å². The maximum atomic E-state index is 14.0. The van der Waals surface area contributed by atoms with Gasteiger partial charge in [-0.15, -0.1) is 0 Å². The Kier molecular flexibility index (Phi) is 11.1. The molecule has 3 rings (SSSR count). The highest BCUT2D eigenvalue weighted by atomic mass is 35.5. The molecule has 0 saturated carbocycles. The van der Waals surface area contributed by atoms with Crippen molar-refractivity contribution in [1.29, 1.82) is 0 Å². The summed E-state index contributed by atoms with van der Waals surface area (Å²) in [6.45, 7) is 5.22. The molecule has 0 saturated heterocycles. The van der Waals surface area contributed by atoms with Crippen molar-refractivity contribution >= 4 is 39.1 Å². The number of rotatable bonds is 13. The fraction of sp³-hybridized carbons (Fsp3) is 0.333. The van der Waals surface area contributed by atoms with Crippen molar-refractivity contribution in [2.45, 2.75) is 57.0 Å². The van der Waals surface area contributed by atoms with Crippen molar-refractivity contribution < 1.29 is 22.4 Å². The summed E-state index contributed by atoms with van der Waals surface area (Å²) in [4.78, 5) is 28.6. The number of hydrogen-bond donors (Lipinski definition) is 1. The Morgan fingerprint density at radius 2 is 1.57 bits per heavy atom. The van der Waals surface area contributed by atoms with Gasteiger partial charge in [-0.3, -0.25) is 13.9 Å². The number of sulfonamides is 1. The van der Waals surface area contributed by atoms with Crippen LogP contribution in [0.25, 0.3) is 0 Å². The molecule has 10 heteroatoms. The third-order valence-corrected chi connectivity index (χ3v) is 8.75. The zero-order valence-electron chi connectivity index (χ0n) is 22.9. The number of nitrogens with zero attached hydrogens (tertiary/aromatic N) is 2. The molecule has 214 valence electrons. The van der Waals surface area contributed by atoms with Crippen LogP contribution in [-0.2, 0) is 26.0 Å². The van der Waals surface area contributed by atoms with Crippen LogP contribution < -0.4 is 9.62 Å². The standard InChI is InChI=1S/C30H35ClFN3O4S/c1-4-22(3)33-30(37)28(5-2)34(19-18-23-12-8-6-9-13-23)29(36)21-35(24-16-17-27(32)26(31)20-24)40(38,39)25-14-10-7-11-15-25/h6-17,20,22,28H,4-5,18-19,21H2,1-3H3,(H,33,37)/t22-,28-/m1/s1. The van der Waals surface area contributed by atoms with Crippen LogP contribution in [0.2, 0.25) is 5.02 Å². The number of hydrogen-bond acceptors (Lipinski definition) is 4. The molecule has 3 aromatic carbocycles. The van der Waals surface area contributed by atoms with E-state index >= 15 is 0 Å². The van der Waals surface area contributed by atoms with Crippen LogP contribution in [0.15, 0.2) is 83.8 Å². The Morgan fingerprint density at radius 3 is 2.15 bits per heavy atom. The molecule has 0 unspecified atom stereocenters. The van der Waals surface area contributed by atoms with Gasteiger partial charge < -0.3 is 10.2 Å². The molecule has 0 spiro atoms. The molecular weight excluding hydrogens is 553 g/mol. The summed E-state index contributed by atoms with van der Waals surface area (Å²) in [5, 5.41) is 2.67. The molecule has 0 bridgehead atoms. The van der Waals surface area contributed by atoms with E-state index in [1.54, 1.807) is 18.2 Å². The van der Waals surface area contributed by atoms with Crippen LogP contribution in [0.4, 0.5) is 10.1 Å². The van der Waals surface area contributed by atoms with E-state index in [1.165, 1.54) is 29.2 Å². The largest absolute Gasteiger partial charge is 0.352 e. The van der Waals surface area contributed by atoms with E-state index in [-0.39, 0.29) is 34.1 Å². The maximum absolute atomic E-state index is 14.0. The SMILES string of the molecule is CC[C@@H](C)NC(=O)[C@@H](CC)N(CCc1ccccc1)C(=O)CN(c1ccc(F)c(Cl)c1)S(=O)(=O)c1ccccc1. The first-order valence-corrected chi connectivity index (χ1v) is 15.1. The highest BCUT2D eigenvalue weighted by molar-refractivity contribution is 7.92. The first-order valence-electron chi connectivity index (χ1n) is 13.2. The van der Waals surface area contributed by atoms with Crippen molar-refractivity contribution in [3.05, 3.63) is 95.3 Å². The van der Waals surface area contributed by atoms with Gasteiger partial charge in [0.15, 0.2) is 0 Å². The molecule has 2 atom stereocenters. The summed E-state index contributed by atoms with van der Waals surface area (Å²) in [6, 6.07) is 19.8. The summed E-state index contributed by atoms with van der Waals surface area (Å²) in [5.41, 5.74) is 1.00. The van der Waals surface area contributed by atoms with E-state index in [2.05, 4.69) is 5.32 Å². The number of carbonyl (C=O) groups is 2. The summed E-state index contributed by atoms with van der Waals surface area (Å²) >= 11 is 6.00. The minimum atomic E-state index is -4.25. The second-order valence-corrected chi connectivity index (χ2v) is 11.8. The van der Waals surface area contributed by atoms with Gasteiger partial charge in [-0.2, -0.15) is 0 Å². The van der Waals surface area contributed by atoms with Gasteiger partial charge in [-0.1, -0.05) is 74.0 Å². The van der Waals surface area contributed by atoms with Crippen molar-refractivity contribution in [2.75, 3.05) is 17.4 Å². The first kappa shape index (κ1) is 31.1. The minimum Gasteiger partial charge on any atom is -0.352 e. The average molecular weight is 588 g/mol. The topological polar surface area (TPSA) is 86.8 Å². The summed E-state index contributed by atoms with van der Waals surface area (Å²) in [7, 11) is -4.25. The summed E-state index contributed by atoms with van der Waals surface area (Å²) in [5.74, 6) is -1.59. The Bertz CT molecular complexity index is 1390. The lowest BCUT2D eigenvalue weighted by atomic mass is 10.1. The lowest BCUT2D eigenvalue weighted by Crippen LogP contribution is -2.54. The molecule has 0 radical (unpaired) electrons. The molecule has 2 amide bonds. The van der Waals surface area contributed by atoms with Gasteiger partial charge in [-0.05, 0) is 62.1 Å². The number of carbonyl (C=O) groups excluding carboxylic acids is 2. The van der Waals surface area contributed by atoms with E-state index in [4.69, 9.17) is 11.6 Å². The highest BCUT2D eigenvalue weighted by Crippen LogP contribution is 2.28. The number of amides is 2. The molecule has 0 fully saturated rings. The molecule has 7 nitrogen and oxygen atoms in total. The van der Waals surface area contributed by atoms with Crippen LogP contribution in [0.3, 0.4) is 0 Å². The van der Waals surface area contributed by atoms with Gasteiger partial charge in [0.1, 0.15) is 18.4 Å². The van der Waals surface area contributed by atoms with Crippen LogP contribution in [0, 0.1) is 5.82 Å². The third kappa shape index (κ3) is 7.82. The van der Waals surface area contributed by atoms with Crippen LogP contribution >= 0.6 is 11.6 Å². The molecular formula is C30H35ClFN3O4S. The van der Waals surface area contributed by atoms with Crippen LogP contribution in [-0.4, -0.2) is 50.3 Å². The maximum Gasteiger partial charge on any atom is 0.264 e. The molecule has 1 N–H and O–H groups in total. The monoisotopic (exact) mass is 587 g/mol. The van der Waals surface area contributed by atoms with Gasteiger partial charge in [0.25, 0.3) is 10.0 Å². The average Bonchev–Trinajstić information content (AvgIpc) is 2.96. The van der Waals surface area contributed by atoms with E-state index in [0.29, 0.717) is 19.3 Å². The third-order valence-electron chi connectivity index (χ3n) is 6.67. The molecule has 0 aromatic heterocycles.